The number of carbonyl (C=O) groups excluding carboxylic acids is 1. The summed E-state index contributed by atoms with van der Waals surface area (Å²) in [5, 5.41) is -0.711. The number of Topliss-reactive ketones (excluding diaryl/α,β-unsaturated/α-hetero) is 1. The molecule has 4 heteroatoms. The molecule has 0 radical (unpaired) electrons. The fourth-order valence-corrected chi connectivity index (χ4v) is 1.04. The Morgan fingerprint density at radius 3 is 2.80 bits per heavy atom. The summed E-state index contributed by atoms with van der Waals surface area (Å²) in [4.78, 5) is 11.2. The van der Waals surface area contributed by atoms with Crippen molar-refractivity contribution in [3.05, 3.63) is 36.5 Å². The van der Waals surface area contributed by atoms with Crippen molar-refractivity contribution in [3.63, 3.8) is 0 Å². The van der Waals surface area contributed by atoms with Crippen LogP contribution in [0, 0.1) is 0 Å². The predicted molar refractivity (Wildman–Crippen MR) is 64.4 cm³/mol. The maximum Gasteiger partial charge on any atom is 0.139 e. The van der Waals surface area contributed by atoms with E-state index in [1.165, 1.54) is 5.54 Å². The van der Waals surface area contributed by atoms with E-state index < -0.39 is 5.37 Å². The van der Waals surface area contributed by atoms with Crippen LogP contribution in [0.5, 0.6) is 0 Å². The molecule has 0 fully saturated rings. The standard InChI is InChI=1S/C11H16FNOS/c1-9(2)6-4-3-5-7-10(14)8-11(15)13-12/h3-6,11,13,15H,1,7-8H2,2H3/b5-3-,6-4-. The van der Waals surface area contributed by atoms with Crippen molar-refractivity contribution < 1.29 is 9.28 Å². The molecule has 0 aliphatic rings. The molecule has 0 aromatic carbocycles. The van der Waals surface area contributed by atoms with Gasteiger partial charge >= 0.3 is 0 Å². The predicted octanol–water partition coefficient (Wildman–Crippen LogP) is 2.75. The van der Waals surface area contributed by atoms with E-state index >= 15 is 0 Å². The number of allylic oxidation sites excluding steroid dienone is 5. The molecule has 0 heterocycles. The zero-order valence-corrected chi connectivity index (χ0v) is 9.64. The molecule has 0 aliphatic heterocycles. The average Bonchev–Trinajstić information content (AvgIpc) is 2.16. The number of halogens is 1. The monoisotopic (exact) mass is 229 g/mol. The van der Waals surface area contributed by atoms with Gasteiger partial charge in [0.1, 0.15) is 5.78 Å². The fraction of sp³-hybridized carbons (Fsp3) is 0.364. The number of hydrogen-bond acceptors (Lipinski definition) is 3. The summed E-state index contributed by atoms with van der Waals surface area (Å²) in [6, 6.07) is 0. The molecule has 0 spiro atoms. The van der Waals surface area contributed by atoms with Crippen LogP contribution >= 0.6 is 12.6 Å². The molecule has 1 unspecified atom stereocenters. The second-order valence-corrected chi connectivity index (χ2v) is 3.83. The Morgan fingerprint density at radius 1 is 1.60 bits per heavy atom. The van der Waals surface area contributed by atoms with Gasteiger partial charge in [-0.25, -0.2) is 0 Å². The Hall–Kier alpha value is -0.870. The quantitative estimate of drug-likeness (QED) is 0.304. The molecule has 0 aromatic heterocycles. The fourth-order valence-electron chi connectivity index (χ4n) is 0.835. The summed E-state index contributed by atoms with van der Waals surface area (Å²) < 4.78 is 11.8. The maximum absolute atomic E-state index is 11.8. The molecular weight excluding hydrogens is 213 g/mol. The van der Waals surface area contributed by atoms with E-state index in [2.05, 4.69) is 19.2 Å². The molecule has 0 rings (SSSR count). The average molecular weight is 229 g/mol. The normalized spacial score (nSPS) is 13.5. The lowest BCUT2D eigenvalue weighted by molar-refractivity contribution is -0.118. The number of thiol groups is 1. The van der Waals surface area contributed by atoms with Gasteiger partial charge < -0.3 is 0 Å². The van der Waals surface area contributed by atoms with Crippen molar-refractivity contribution in [1.82, 2.24) is 5.54 Å². The van der Waals surface area contributed by atoms with Crippen LogP contribution in [-0.2, 0) is 4.79 Å². The van der Waals surface area contributed by atoms with E-state index in [9.17, 15) is 9.28 Å². The number of hydrogen-bond donors (Lipinski definition) is 2. The smallest absolute Gasteiger partial charge is 0.139 e. The van der Waals surface area contributed by atoms with Crippen LogP contribution in [-0.4, -0.2) is 11.2 Å². The Bertz CT molecular complexity index is 274. The van der Waals surface area contributed by atoms with Crippen molar-refractivity contribution in [2.45, 2.75) is 25.1 Å². The van der Waals surface area contributed by atoms with Gasteiger partial charge in [-0.05, 0) is 6.92 Å². The van der Waals surface area contributed by atoms with E-state index in [1.807, 2.05) is 13.0 Å². The zero-order valence-electron chi connectivity index (χ0n) is 8.74. The molecule has 84 valence electrons. The lowest BCUT2D eigenvalue weighted by atomic mass is 10.2. The first-order valence-electron chi connectivity index (χ1n) is 4.61. The highest BCUT2D eigenvalue weighted by molar-refractivity contribution is 7.80. The van der Waals surface area contributed by atoms with Crippen LogP contribution in [0.15, 0.2) is 36.5 Å². The Labute approximate surface area is 95.3 Å². The molecule has 0 aliphatic carbocycles. The summed E-state index contributed by atoms with van der Waals surface area (Å²) in [5.74, 6) is -0.0554. The van der Waals surface area contributed by atoms with Gasteiger partial charge in [-0.2, -0.15) is 12.6 Å². The highest BCUT2D eigenvalue weighted by Gasteiger charge is 2.06. The van der Waals surface area contributed by atoms with E-state index in [1.54, 1.807) is 18.2 Å². The van der Waals surface area contributed by atoms with Crippen molar-refractivity contribution in [2.24, 2.45) is 0 Å². The van der Waals surface area contributed by atoms with Crippen LogP contribution in [0.2, 0.25) is 0 Å². The summed E-state index contributed by atoms with van der Waals surface area (Å²) in [6.07, 6.45) is 7.50. The second kappa shape index (κ2) is 8.44. The molecule has 1 atom stereocenters. The van der Waals surface area contributed by atoms with Gasteiger partial charge in [-0.15, -0.1) is 10.0 Å². The molecule has 1 N–H and O–H groups in total. The summed E-state index contributed by atoms with van der Waals surface area (Å²) in [7, 11) is 0. The van der Waals surface area contributed by atoms with Crippen LogP contribution in [0.3, 0.4) is 0 Å². The third-order valence-corrected chi connectivity index (χ3v) is 1.80. The molecule has 2 nitrogen and oxygen atoms in total. The van der Waals surface area contributed by atoms with Gasteiger partial charge in [0.15, 0.2) is 0 Å². The first-order valence-corrected chi connectivity index (χ1v) is 5.12. The third kappa shape index (κ3) is 9.43. The minimum Gasteiger partial charge on any atom is -0.299 e. The lowest BCUT2D eigenvalue weighted by Crippen LogP contribution is -2.18. The van der Waals surface area contributed by atoms with Gasteiger partial charge in [0, 0.05) is 12.8 Å². The highest BCUT2D eigenvalue weighted by Crippen LogP contribution is 2.01. The zero-order chi connectivity index (χ0) is 11.7. The maximum atomic E-state index is 11.8. The van der Waals surface area contributed by atoms with Crippen LogP contribution in [0.4, 0.5) is 4.48 Å². The number of ketones is 1. The summed E-state index contributed by atoms with van der Waals surface area (Å²) >= 11 is 3.80. The van der Waals surface area contributed by atoms with Gasteiger partial charge in [-0.1, -0.05) is 36.5 Å². The van der Waals surface area contributed by atoms with Crippen molar-refractivity contribution in [3.8, 4) is 0 Å². The second-order valence-electron chi connectivity index (χ2n) is 3.21. The molecule has 15 heavy (non-hydrogen) atoms. The van der Waals surface area contributed by atoms with Crippen LogP contribution in [0.25, 0.3) is 0 Å². The highest BCUT2D eigenvalue weighted by atomic mass is 32.1. The van der Waals surface area contributed by atoms with Crippen molar-refractivity contribution >= 4 is 18.4 Å². The summed E-state index contributed by atoms with van der Waals surface area (Å²) in [5.41, 5.74) is 2.35. The Morgan fingerprint density at radius 2 is 2.27 bits per heavy atom. The lowest BCUT2D eigenvalue weighted by Gasteiger charge is -2.02. The van der Waals surface area contributed by atoms with Gasteiger partial charge in [0.25, 0.3) is 0 Å². The molecular formula is C11H16FNOS. The van der Waals surface area contributed by atoms with Crippen molar-refractivity contribution in [2.75, 3.05) is 0 Å². The third-order valence-electron chi connectivity index (χ3n) is 1.52. The number of nitrogens with one attached hydrogen (secondary N) is 1. The van der Waals surface area contributed by atoms with E-state index in [-0.39, 0.29) is 12.2 Å². The van der Waals surface area contributed by atoms with E-state index in [4.69, 9.17) is 0 Å². The molecule has 0 bridgehead atoms. The number of carbonyl (C=O) groups is 1. The molecule has 0 saturated heterocycles. The Balaban J connectivity index is 3.75. The van der Waals surface area contributed by atoms with Gasteiger partial charge in [0.2, 0.25) is 0 Å². The van der Waals surface area contributed by atoms with Crippen LogP contribution in [0.1, 0.15) is 19.8 Å². The first-order chi connectivity index (χ1) is 7.06. The van der Waals surface area contributed by atoms with Gasteiger partial charge in [-0.3, -0.25) is 4.79 Å². The van der Waals surface area contributed by atoms with E-state index in [0.29, 0.717) is 6.42 Å². The first kappa shape index (κ1) is 14.1. The van der Waals surface area contributed by atoms with E-state index in [0.717, 1.165) is 5.57 Å². The topological polar surface area (TPSA) is 29.1 Å². The van der Waals surface area contributed by atoms with Gasteiger partial charge in [0.05, 0.1) is 5.37 Å². The minimum absolute atomic E-state index is 0.0554. The minimum atomic E-state index is -0.711. The molecule has 0 aromatic rings. The van der Waals surface area contributed by atoms with Crippen molar-refractivity contribution in [1.29, 1.82) is 0 Å². The molecule has 0 amide bonds. The molecule has 0 saturated carbocycles. The largest absolute Gasteiger partial charge is 0.299 e. The number of rotatable bonds is 7. The van der Waals surface area contributed by atoms with Crippen LogP contribution < -0.4 is 5.54 Å². The SMILES string of the molecule is C=C(C)/C=C\C=C/CC(=O)CC(S)NF. The Kier molecular flexibility index (Phi) is 7.95. The summed E-state index contributed by atoms with van der Waals surface area (Å²) in [6.45, 7) is 5.57.